The maximum atomic E-state index is 12.5. The van der Waals surface area contributed by atoms with Gasteiger partial charge in [-0.2, -0.15) is 5.10 Å². The smallest absolute Gasteiger partial charge is 0.341 e. The van der Waals surface area contributed by atoms with Crippen LogP contribution in [0.1, 0.15) is 21.6 Å². The van der Waals surface area contributed by atoms with Gasteiger partial charge in [0.1, 0.15) is 24.0 Å². The average Bonchev–Trinajstić information content (AvgIpc) is 3.07. The summed E-state index contributed by atoms with van der Waals surface area (Å²) in [6.45, 7) is 2.73. The summed E-state index contributed by atoms with van der Waals surface area (Å²) in [5, 5.41) is 4.34. The van der Waals surface area contributed by atoms with Gasteiger partial charge in [-0.05, 0) is 24.6 Å². The third-order valence-electron chi connectivity index (χ3n) is 4.47. The molecule has 0 fully saturated rings. The van der Waals surface area contributed by atoms with E-state index >= 15 is 0 Å². The molecule has 138 valence electrons. The molecule has 4 rings (SSSR count). The lowest BCUT2D eigenvalue weighted by Gasteiger charge is -2.25. The van der Waals surface area contributed by atoms with Crippen molar-refractivity contribution in [2.45, 2.75) is 24.5 Å². The van der Waals surface area contributed by atoms with Gasteiger partial charge in [0, 0.05) is 10.6 Å². The molecule has 1 unspecified atom stereocenters. The normalized spacial score (nSPS) is 15.7. The van der Waals surface area contributed by atoms with Gasteiger partial charge >= 0.3 is 5.97 Å². The van der Waals surface area contributed by atoms with Crippen LogP contribution >= 0.6 is 11.8 Å². The first-order valence-electron chi connectivity index (χ1n) is 8.82. The summed E-state index contributed by atoms with van der Waals surface area (Å²) >= 11 is 1.72. The number of thioether (sulfide) groups is 1. The van der Waals surface area contributed by atoms with Crippen molar-refractivity contribution >= 4 is 17.7 Å². The Balaban J connectivity index is 1.36. The zero-order chi connectivity index (χ0) is 18.6. The Morgan fingerprint density at radius 3 is 2.85 bits per heavy atom. The molecule has 1 aliphatic heterocycles. The van der Waals surface area contributed by atoms with E-state index in [9.17, 15) is 4.79 Å². The topological polar surface area (TPSA) is 53.4 Å². The summed E-state index contributed by atoms with van der Waals surface area (Å²) in [5.41, 5.74) is 2.43. The van der Waals surface area contributed by atoms with E-state index in [4.69, 9.17) is 9.47 Å². The summed E-state index contributed by atoms with van der Waals surface area (Å²) in [6.07, 6.45) is 1.43. The fourth-order valence-electron chi connectivity index (χ4n) is 2.95. The highest BCUT2D eigenvalue weighted by atomic mass is 32.2. The van der Waals surface area contributed by atoms with Crippen molar-refractivity contribution in [1.82, 2.24) is 9.78 Å². The van der Waals surface area contributed by atoms with E-state index in [0.29, 0.717) is 12.1 Å². The molecule has 0 spiro atoms. The second-order valence-electron chi connectivity index (χ2n) is 6.38. The Labute approximate surface area is 162 Å². The fourth-order valence-corrected chi connectivity index (χ4v) is 3.92. The number of esters is 1. The molecule has 0 N–H and O–H groups in total. The van der Waals surface area contributed by atoms with Crippen LogP contribution in [-0.2, 0) is 11.3 Å². The molecule has 1 aliphatic rings. The lowest BCUT2D eigenvalue weighted by Crippen LogP contribution is -2.29. The second kappa shape index (κ2) is 7.88. The van der Waals surface area contributed by atoms with E-state index in [1.165, 1.54) is 0 Å². The Bertz CT molecular complexity index is 940. The number of hydrogen-bond donors (Lipinski definition) is 0. The van der Waals surface area contributed by atoms with Gasteiger partial charge < -0.3 is 9.47 Å². The zero-order valence-electron chi connectivity index (χ0n) is 15.0. The second-order valence-corrected chi connectivity index (χ2v) is 7.44. The number of fused-ring (bicyclic) bond motifs is 1. The first kappa shape index (κ1) is 17.7. The van der Waals surface area contributed by atoms with Crippen molar-refractivity contribution in [2.75, 3.05) is 12.4 Å². The molecule has 0 saturated heterocycles. The lowest BCUT2D eigenvalue weighted by atomic mass is 10.2. The van der Waals surface area contributed by atoms with Gasteiger partial charge in [0.25, 0.3) is 0 Å². The Kier molecular flexibility index (Phi) is 5.16. The molecule has 27 heavy (non-hydrogen) atoms. The number of nitrogens with zero attached hydrogens (tertiary/aromatic N) is 2. The van der Waals surface area contributed by atoms with Crippen molar-refractivity contribution < 1.29 is 14.3 Å². The van der Waals surface area contributed by atoms with Crippen LogP contribution in [0.25, 0.3) is 0 Å². The van der Waals surface area contributed by atoms with E-state index in [2.05, 4.69) is 5.10 Å². The van der Waals surface area contributed by atoms with Crippen LogP contribution in [0.5, 0.6) is 5.75 Å². The minimum absolute atomic E-state index is 0.145. The number of ether oxygens (including phenoxy) is 2. The summed E-state index contributed by atoms with van der Waals surface area (Å²) in [4.78, 5) is 13.6. The predicted molar refractivity (Wildman–Crippen MR) is 104 cm³/mol. The van der Waals surface area contributed by atoms with E-state index in [1.807, 2.05) is 66.2 Å². The number of para-hydroxylation sites is 1. The van der Waals surface area contributed by atoms with Crippen molar-refractivity contribution in [3.8, 4) is 5.75 Å². The summed E-state index contributed by atoms with van der Waals surface area (Å²) in [5.74, 6) is 1.25. The largest absolute Gasteiger partial charge is 0.485 e. The highest BCUT2D eigenvalue weighted by molar-refractivity contribution is 7.99. The number of carbonyl (C=O) groups is 1. The molecule has 0 bridgehead atoms. The molecule has 3 aromatic rings. The molecule has 1 aromatic heterocycles. The Hall–Kier alpha value is -2.73. The van der Waals surface area contributed by atoms with Gasteiger partial charge in [0.2, 0.25) is 0 Å². The van der Waals surface area contributed by atoms with Crippen molar-refractivity contribution in [2.24, 2.45) is 0 Å². The third-order valence-corrected chi connectivity index (χ3v) is 5.65. The van der Waals surface area contributed by atoms with Crippen LogP contribution in [-0.4, -0.2) is 34.2 Å². The molecule has 6 heteroatoms. The highest BCUT2D eigenvalue weighted by Gasteiger charge is 2.23. The van der Waals surface area contributed by atoms with E-state index in [1.54, 1.807) is 18.0 Å². The quantitative estimate of drug-likeness (QED) is 0.628. The number of benzene rings is 2. The van der Waals surface area contributed by atoms with Crippen LogP contribution in [0, 0.1) is 6.92 Å². The van der Waals surface area contributed by atoms with Crippen LogP contribution in [0.3, 0.4) is 0 Å². The lowest BCUT2D eigenvalue weighted by molar-refractivity contribution is 0.0338. The number of carbonyl (C=O) groups excluding carboxylic acids is 1. The third kappa shape index (κ3) is 4.01. The van der Waals surface area contributed by atoms with Crippen molar-refractivity contribution in [3.05, 3.63) is 77.6 Å². The van der Waals surface area contributed by atoms with Crippen LogP contribution in [0.15, 0.2) is 65.7 Å². The summed E-state index contributed by atoms with van der Waals surface area (Å²) in [7, 11) is 0. The average molecular weight is 380 g/mol. The molecule has 5 nitrogen and oxygen atoms in total. The summed E-state index contributed by atoms with van der Waals surface area (Å²) < 4.78 is 13.2. The number of aromatic nitrogens is 2. The molecular formula is C21H20N2O3S. The van der Waals surface area contributed by atoms with Gasteiger partial charge in [-0.3, -0.25) is 4.68 Å². The molecule has 2 heterocycles. The van der Waals surface area contributed by atoms with Crippen molar-refractivity contribution in [3.63, 3.8) is 0 Å². The van der Waals surface area contributed by atoms with Crippen LogP contribution in [0.2, 0.25) is 0 Å². The molecular weight excluding hydrogens is 360 g/mol. The molecule has 2 aromatic carbocycles. The van der Waals surface area contributed by atoms with Gasteiger partial charge in [-0.25, -0.2) is 4.79 Å². The first-order chi connectivity index (χ1) is 13.2. The van der Waals surface area contributed by atoms with Crippen LogP contribution in [0.4, 0.5) is 0 Å². The van der Waals surface area contributed by atoms with Crippen LogP contribution < -0.4 is 4.74 Å². The van der Waals surface area contributed by atoms with Crippen molar-refractivity contribution in [1.29, 1.82) is 0 Å². The molecule has 0 radical (unpaired) electrons. The summed E-state index contributed by atoms with van der Waals surface area (Å²) in [6, 6.07) is 17.9. The monoisotopic (exact) mass is 380 g/mol. The van der Waals surface area contributed by atoms with Gasteiger partial charge in [-0.1, -0.05) is 42.5 Å². The standard InChI is InChI=1S/C21H20N2O3S/c1-15-18(11-22-23(15)12-16-7-3-2-4-8-16)21(24)25-13-17-14-27-20-10-6-5-9-19(20)26-17/h2-11,17H,12-14H2,1H3. The Morgan fingerprint density at radius 2 is 2.00 bits per heavy atom. The highest BCUT2D eigenvalue weighted by Crippen LogP contribution is 2.34. The molecule has 1 atom stereocenters. The number of rotatable bonds is 5. The minimum atomic E-state index is -0.362. The predicted octanol–water partition coefficient (Wildman–Crippen LogP) is 3.95. The maximum absolute atomic E-state index is 12.5. The zero-order valence-corrected chi connectivity index (χ0v) is 15.8. The van der Waals surface area contributed by atoms with Gasteiger partial charge in [0.05, 0.1) is 18.4 Å². The van der Waals surface area contributed by atoms with E-state index in [-0.39, 0.29) is 18.7 Å². The van der Waals surface area contributed by atoms with E-state index < -0.39 is 0 Å². The Morgan fingerprint density at radius 1 is 1.22 bits per heavy atom. The van der Waals surface area contributed by atoms with Gasteiger partial charge in [0.15, 0.2) is 0 Å². The molecule has 0 saturated carbocycles. The van der Waals surface area contributed by atoms with Gasteiger partial charge in [-0.15, -0.1) is 11.8 Å². The molecule has 0 amide bonds. The SMILES string of the molecule is Cc1c(C(=O)OCC2CSc3ccccc3O2)cnn1Cc1ccccc1. The maximum Gasteiger partial charge on any atom is 0.341 e. The first-order valence-corrected chi connectivity index (χ1v) is 9.81. The fraction of sp³-hybridized carbons (Fsp3) is 0.238. The number of hydrogen-bond acceptors (Lipinski definition) is 5. The van der Waals surface area contributed by atoms with E-state index in [0.717, 1.165) is 27.7 Å². The molecule has 0 aliphatic carbocycles. The minimum Gasteiger partial charge on any atom is -0.485 e.